The van der Waals surface area contributed by atoms with Gasteiger partial charge in [0, 0.05) is 26.2 Å². The predicted octanol–water partition coefficient (Wildman–Crippen LogP) is 4.74. The molecule has 300 valence electrons. The van der Waals surface area contributed by atoms with Crippen molar-refractivity contribution in [3.8, 4) is 0 Å². The number of fused-ring (bicyclic) bond motifs is 1. The van der Waals surface area contributed by atoms with Gasteiger partial charge in [-0.25, -0.2) is 9.59 Å². The van der Waals surface area contributed by atoms with Crippen LogP contribution < -0.4 is 0 Å². The average Bonchev–Trinajstić information content (AvgIpc) is 3.52. The topological polar surface area (TPSA) is 141 Å². The average molecular weight is 780 g/mol. The van der Waals surface area contributed by atoms with Gasteiger partial charge in [-0.1, -0.05) is 103 Å². The summed E-state index contributed by atoms with van der Waals surface area (Å²) < 4.78 is 21.6. The summed E-state index contributed by atoms with van der Waals surface area (Å²) in [5.41, 5.74) is 2.95. The number of esters is 1. The molecule has 1 saturated carbocycles. The van der Waals surface area contributed by atoms with Crippen molar-refractivity contribution in [2.75, 3.05) is 65.8 Å². The SMILES string of the molecule is O=C(CCC(=O)ON1C(=O)C2C3C=CC(CC3)C2C1=O)OCCOCCOCCOC(=O)N1CCN(C(c2ccccc2)(c2ccccc2)c2ccccc2)CC1. The lowest BCUT2D eigenvalue weighted by Gasteiger charge is -2.48. The van der Waals surface area contributed by atoms with Gasteiger partial charge >= 0.3 is 18.0 Å². The number of amides is 3. The van der Waals surface area contributed by atoms with Crippen molar-refractivity contribution in [2.45, 2.75) is 31.2 Å². The number of ether oxygens (including phenoxy) is 4. The number of hydroxylamine groups is 2. The molecule has 57 heavy (non-hydrogen) atoms. The van der Waals surface area contributed by atoms with Gasteiger partial charge in [-0.15, -0.1) is 5.06 Å². The highest BCUT2D eigenvalue weighted by Gasteiger charge is 2.58. The van der Waals surface area contributed by atoms with Crippen LogP contribution in [0.25, 0.3) is 0 Å². The van der Waals surface area contributed by atoms with Crippen molar-refractivity contribution < 1.29 is 47.8 Å². The molecule has 3 fully saturated rings. The minimum atomic E-state index is -0.846. The largest absolute Gasteiger partial charge is 0.463 e. The summed E-state index contributed by atoms with van der Waals surface area (Å²) in [7, 11) is 0. The molecule has 3 aromatic carbocycles. The van der Waals surface area contributed by atoms with Crippen LogP contribution in [0, 0.1) is 23.7 Å². The summed E-state index contributed by atoms with van der Waals surface area (Å²) in [4.78, 5) is 72.3. The van der Waals surface area contributed by atoms with Crippen molar-refractivity contribution in [1.29, 1.82) is 0 Å². The van der Waals surface area contributed by atoms with E-state index < -0.39 is 41.1 Å². The van der Waals surface area contributed by atoms with Crippen LogP contribution in [0.1, 0.15) is 42.4 Å². The Balaban J connectivity index is 0.753. The first kappa shape index (κ1) is 39.8. The summed E-state index contributed by atoms with van der Waals surface area (Å²) in [6.45, 7) is 3.20. The van der Waals surface area contributed by atoms with Crippen LogP contribution in [-0.4, -0.2) is 111 Å². The quantitative estimate of drug-likeness (QED) is 0.0617. The summed E-state index contributed by atoms with van der Waals surface area (Å²) in [5, 5.41) is 0.595. The Kier molecular flexibility index (Phi) is 13.1. The molecule has 2 bridgehead atoms. The van der Waals surface area contributed by atoms with Crippen LogP contribution in [0.4, 0.5) is 4.79 Å². The molecule has 4 atom stereocenters. The van der Waals surface area contributed by atoms with E-state index in [1.807, 2.05) is 30.4 Å². The van der Waals surface area contributed by atoms with E-state index in [9.17, 15) is 24.0 Å². The standard InChI is InChI=1S/C44H49N3O10/c48-37(20-21-38(49)57-47-41(50)39-32-16-17-33(19-18-32)40(39)42(47)51)55-30-28-53-26-27-54-29-31-56-43(52)45-22-24-46(25-23-45)44(34-10-4-1-5-11-34,35-12-6-2-7-13-35)36-14-8-3-9-15-36/h1-17,32-33,39-40H,18-31H2. The highest BCUT2D eigenvalue weighted by Crippen LogP contribution is 2.49. The fourth-order valence-corrected chi connectivity index (χ4v) is 8.69. The van der Waals surface area contributed by atoms with E-state index in [1.54, 1.807) is 4.90 Å². The van der Waals surface area contributed by atoms with Gasteiger partial charge in [0.05, 0.1) is 56.6 Å². The Morgan fingerprint density at radius 3 is 1.47 bits per heavy atom. The molecule has 3 amide bonds. The van der Waals surface area contributed by atoms with Crippen LogP contribution in [0.3, 0.4) is 0 Å². The van der Waals surface area contributed by atoms with Gasteiger partial charge in [0.25, 0.3) is 11.8 Å². The summed E-state index contributed by atoms with van der Waals surface area (Å²) in [6.07, 6.45) is 4.67. The zero-order valence-electron chi connectivity index (χ0n) is 31.9. The number of rotatable bonds is 17. The van der Waals surface area contributed by atoms with Gasteiger partial charge in [-0.2, -0.15) is 0 Å². The number of nitrogens with zero attached hydrogens (tertiary/aromatic N) is 3. The third-order valence-electron chi connectivity index (χ3n) is 11.3. The fraction of sp³-hybridized carbons (Fsp3) is 0.432. The monoisotopic (exact) mass is 779 g/mol. The van der Waals surface area contributed by atoms with Crippen molar-refractivity contribution in [2.24, 2.45) is 23.7 Å². The van der Waals surface area contributed by atoms with Gasteiger partial charge < -0.3 is 28.7 Å². The molecule has 13 heteroatoms. The minimum Gasteiger partial charge on any atom is -0.463 e. The van der Waals surface area contributed by atoms with Gasteiger partial charge in [0.15, 0.2) is 0 Å². The molecule has 5 aliphatic rings. The Bertz CT molecular complexity index is 1750. The van der Waals surface area contributed by atoms with Crippen molar-refractivity contribution >= 4 is 29.8 Å². The molecular weight excluding hydrogens is 730 g/mol. The van der Waals surface area contributed by atoms with Crippen LogP contribution in [-0.2, 0) is 48.5 Å². The van der Waals surface area contributed by atoms with Crippen molar-refractivity contribution in [1.82, 2.24) is 14.9 Å². The zero-order chi connectivity index (χ0) is 39.6. The Labute approximate surface area is 332 Å². The van der Waals surface area contributed by atoms with Crippen molar-refractivity contribution in [3.05, 3.63) is 120 Å². The number of hydrogen-bond acceptors (Lipinski definition) is 11. The number of piperazine rings is 1. The first-order valence-corrected chi connectivity index (χ1v) is 19.8. The first-order chi connectivity index (χ1) is 27.9. The highest BCUT2D eigenvalue weighted by molar-refractivity contribution is 6.05. The smallest absolute Gasteiger partial charge is 0.409 e. The first-order valence-electron chi connectivity index (χ1n) is 19.8. The number of benzene rings is 3. The zero-order valence-corrected chi connectivity index (χ0v) is 31.9. The van der Waals surface area contributed by atoms with Gasteiger partial charge in [-0.3, -0.25) is 19.3 Å². The number of imide groups is 1. The van der Waals surface area contributed by atoms with E-state index in [0.29, 0.717) is 31.2 Å². The summed E-state index contributed by atoms with van der Waals surface area (Å²) >= 11 is 0. The van der Waals surface area contributed by atoms with E-state index in [4.69, 9.17) is 23.8 Å². The van der Waals surface area contributed by atoms with Crippen molar-refractivity contribution in [3.63, 3.8) is 0 Å². The van der Waals surface area contributed by atoms with E-state index in [-0.39, 0.29) is 70.4 Å². The summed E-state index contributed by atoms with van der Waals surface area (Å²) in [6, 6.07) is 31.5. The molecule has 0 spiro atoms. The van der Waals surface area contributed by atoms with Crippen LogP contribution in [0.15, 0.2) is 103 Å². The minimum absolute atomic E-state index is 0.0125. The maximum absolute atomic E-state index is 13.0. The normalized spacial score (nSPS) is 21.7. The Morgan fingerprint density at radius 1 is 0.561 bits per heavy atom. The van der Waals surface area contributed by atoms with Crippen LogP contribution in [0.5, 0.6) is 0 Å². The van der Waals surface area contributed by atoms with Gasteiger partial charge in [0.1, 0.15) is 13.2 Å². The lowest BCUT2D eigenvalue weighted by atomic mass is 9.63. The molecule has 0 aromatic heterocycles. The lowest BCUT2D eigenvalue weighted by molar-refractivity contribution is -0.199. The molecule has 2 aliphatic heterocycles. The van der Waals surface area contributed by atoms with Crippen LogP contribution >= 0.6 is 0 Å². The molecule has 8 rings (SSSR count). The highest BCUT2D eigenvalue weighted by atomic mass is 16.7. The second-order valence-corrected chi connectivity index (χ2v) is 14.6. The molecule has 4 unspecified atom stereocenters. The molecule has 0 N–H and O–H groups in total. The Morgan fingerprint density at radius 2 is 1.00 bits per heavy atom. The Hall–Kier alpha value is -5.37. The van der Waals surface area contributed by atoms with Crippen LogP contribution in [0.2, 0.25) is 0 Å². The molecular formula is C44H49N3O10. The number of hydrogen-bond donors (Lipinski definition) is 0. The van der Waals surface area contributed by atoms with Gasteiger partial charge in [0.2, 0.25) is 0 Å². The second-order valence-electron chi connectivity index (χ2n) is 14.6. The van der Waals surface area contributed by atoms with E-state index in [0.717, 1.165) is 29.5 Å². The van der Waals surface area contributed by atoms with Gasteiger partial charge in [-0.05, 0) is 41.4 Å². The maximum atomic E-state index is 13.0. The third-order valence-corrected chi connectivity index (χ3v) is 11.3. The number of carbonyl (C=O) groups excluding carboxylic acids is 5. The second kappa shape index (κ2) is 18.7. The number of carbonyl (C=O) groups is 5. The maximum Gasteiger partial charge on any atom is 0.409 e. The van der Waals surface area contributed by atoms with E-state index in [2.05, 4.69) is 77.7 Å². The third kappa shape index (κ3) is 8.80. The predicted molar refractivity (Wildman–Crippen MR) is 206 cm³/mol. The molecule has 2 heterocycles. The molecule has 2 saturated heterocycles. The molecule has 3 aromatic rings. The van der Waals surface area contributed by atoms with E-state index in [1.165, 1.54) is 0 Å². The molecule has 13 nitrogen and oxygen atoms in total. The molecule has 0 radical (unpaired) electrons. The number of allylic oxidation sites excluding steroid dienone is 2. The fourth-order valence-electron chi connectivity index (χ4n) is 8.69. The molecule has 3 aliphatic carbocycles. The summed E-state index contributed by atoms with van der Waals surface area (Å²) in [5.74, 6) is -3.43. The lowest BCUT2D eigenvalue weighted by Crippen LogP contribution is -2.57. The van der Waals surface area contributed by atoms with E-state index >= 15 is 0 Å².